The lowest BCUT2D eigenvalue weighted by Gasteiger charge is -2.18. The Hall–Kier alpha value is -1.02. The third kappa shape index (κ3) is 4.23. The lowest BCUT2D eigenvalue weighted by Crippen LogP contribution is -2.25. The quantitative estimate of drug-likeness (QED) is 0.821. The fourth-order valence-electron chi connectivity index (χ4n) is 1.70. The van der Waals surface area contributed by atoms with Gasteiger partial charge in [-0.3, -0.25) is 0 Å². The Balaban J connectivity index is 2.63. The van der Waals surface area contributed by atoms with Crippen molar-refractivity contribution in [3.8, 4) is 5.75 Å². The fourth-order valence-corrected chi connectivity index (χ4v) is 1.70. The summed E-state index contributed by atoms with van der Waals surface area (Å²) >= 11 is 0. The molecule has 1 rings (SSSR count). The smallest absolute Gasteiger partial charge is 0.119 e. The van der Waals surface area contributed by atoms with Crippen LogP contribution in [0.2, 0.25) is 0 Å². The van der Waals surface area contributed by atoms with Gasteiger partial charge in [0.15, 0.2) is 0 Å². The first-order chi connectivity index (χ1) is 7.49. The van der Waals surface area contributed by atoms with Gasteiger partial charge in [-0.2, -0.15) is 0 Å². The maximum atomic E-state index is 5.61. The van der Waals surface area contributed by atoms with Crippen LogP contribution in [0.25, 0.3) is 0 Å². The van der Waals surface area contributed by atoms with E-state index in [9.17, 15) is 0 Å². The lowest BCUT2D eigenvalue weighted by atomic mass is 10.1. The summed E-state index contributed by atoms with van der Waals surface area (Å²) in [5, 5.41) is 3.48. The van der Waals surface area contributed by atoms with E-state index in [4.69, 9.17) is 4.74 Å². The van der Waals surface area contributed by atoms with E-state index in [2.05, 4.69) is 38.2 Å². The molecule has 0 bridgehead atoms. The van der Waals surface area contributed by atoms with Gasteiger partial charge < -0.3 is 10.1 Å². The van der Waals surface area contributed by atoms with Gasteiger partial charge in [0, 0.05) is 12.1 Å². The standard InChI is InChI=1S/C14H23NO/c1-10(2)15-12(5)13-6-8-14(9-7-13)16-11(3)4/h6-12,15H,1-5H3/t12-/m1/s1. The van der Waals surface area contributed by atoms with E-state index < -0.39 is 0 Å². The molecule has 0 aliphatic heterocycles. The predicted molar refractivity (Wildman–Crippen MR) is 68.9 cm³/mol. The summed E-state index contributed by atoms with van der Waals surface area (Å²) in [5.41, 5.74) is 1.30. The summed E-state index contributed by atoms with van der Waals surface area (Å²) in [4.78, 5) is 0. The largest absolute Gasteiger partial charge is 0.491 e. The van der Waals surface area contributed by atoms with Gasteiger partial charge in [-0.05, 0) is 38.5 Å². The molecule has 0 fully saturated rings. The maximum Gasteiger partial charge on any atom is 0.119 e. The molecule has 0 heterocycles. The van der Waals surface area contributed by atoms with Gasteiger partial charge in [-0.25, -0.2) is 0 Å². The molecule has 0 saturated carbocycles. The van der Waals surface area contributed by atoms with Crippen molar-refractivity contribution >= 4 is 0 Å². The highest BCUT2D eigenvalue weighted by molar-refractivity contribution is 5.29. The molecule has 90 valence electrons. The molecule has 2 nitrogen and oxygen atoms in total. The van der Waals surface area contributed by atoms with E-state index >= 15 is 0 Å². The van der Waals surface area contributed by atoms with Crippen LogP contribution in [0.15, 0.2) is 24.3 Å². The molecule has 1 aromatic rings. The maximum absolute atomic E-state index is 5.61. The Morgan fingerprint density at radius 1 is 0.938 bits per heavy atom. The van der Waals surface area contributed by atoms with Gasteiger partial charge in [0.2, 0.25) is 0 Å². The van der Waals surface area contributed by atoms with Crippen LogP contribution in [-0.2, 0) is 0 Å². The van der Waals surface area contributed by atoms with Gasteiger partial charge in [0.05, 0.1) is 6.10 Å². The number of benzene rings is 1. The second-order valence-corrected chi connectivity index (χ2v) is 4.78. The minimum absolute atomic E-state index is 0.233. The Morgan fingerprint density at radius 2 is 1.50 bits per heavy atom. The normalized spacial score (nSPS) is 13.2. The molecule has 1 atom stereocenters. The number of hydrogen-bond donors (Lipinski definition) is 1. The van der Waals surface area contributed by atoms with E-state index in [-0.39, 0.29) is 6.10 Å². The van der Waals surface area contributed by atoms with Crippen molar-refractivity contribution in [3.05, 3.63) is 29.8 Å². The van der Waals surface area contributed by atoms with Crippen LogP contribution < -0.4 is 10.1 Å². The topological polar surface area (TPSA) is 21.3 Å². The van der Waals surface area contributed by atoms with Crippen LogP contribution in [-0.4, -0.2) is 12.1 Å². The van der Waals surface area contributed by atoms with Gasteiger partial charge in [0.1, 0.15) is 5.75 Å². The second kappa shape index (κ2) is 5.90. The highest BCUT2D eigenvalue weighted by Gasteiger charge is 2.06. The molecule has 1 aromatic carbocycles. The zero-order chi connectivity index (χ0) is 12.1. The van der Waals surface area contributed by atoms with Crippen LogP contribution in [0.3, 0.4) is 0 Å². The molecule has 0 aromatic heterocycles. The Kier molecular flexibility index (Phi) is 4.81. The van der Waals surface area contributed by atoms with Crippen molar-refractivity contribution in [2.75, 3.05) is 0 Å². The van der Waals surface area contributed by atoms with Gasteiger partial charge in [-0.1, -0.05) is 26.0 Å². The molecule has 0 amide bonds. The fraction of sp³-hybridized carbons (Fsp3) is 0.571. The van der Waals surface area contributed by atoms with Crippen molar-refractivity contribution in [1.82, 2.24) is 5.32 Å². The molecule has 0 unspecified atom stereocenters. The summed E-state index contributed by atoms with van der Waals surface area (Å²) < 4.78 is 5.61. The van der Waals surface area contributed by atoms with Gasteiger partial charge in [-0.15, -0.1) is 0 Å². The summed E-state index contributed by atoms with van der Waals surface area (Å²) in [7, 11) is 0. The first-order valence-corrected chi connectivity index (χ1v) is 6.01. The van der Waals surface area contributed by atoms with Crippen molar-refractivity contribution in [1.29, 1.82) is 0 Å². The molecule has 0 radical (unpaired) electrons. The highest BCUT2D eigenvalue weighted by atomic mass is 16.5. The molecule has 0 spiro atoms. The summed E-state index contributed by atoms with van der Waals surface area (Å²) in [6, 6.07) is 9.20. The third-order valence-corrected chi connectivity index (χ3v) is 2.34. The Bertz CT molecular complexity index is 303. The lowest BCUT2D eigenvalue weighted by molar-refractivity contribution is 0.242. The summed E-state index contributed by atoms with van der Waals surface area (Å²) in [5.74, 6) is 0.940. The number of rotatable bonds is 5. The first kappa shape index (κ1) is 13.0. The minimum atomic E-state index is 0.233. The summed E-state index contributed by atoms with van der Waals surface area (Å²) in [6.07, 6.45) is 0.233. The van der Waals surface area contributed by atoms with E-state index in [1.54, 1.807) is 0 Å². The molecule has 0 aliphatic rings. The molecule has 2 heteroatoms. The van der Waals surface area contributed by atoms with Crippen LogP contribution in [0.4, 0.5) is 0 Å². The second-order valence-electron chi connectivity index (χ2n) is 4.78. The number of ether oxygens (including phenoxy) is 1. The zero-order valence-electron chi connectivity index (χ0n) is 10.9. The summed E-state index contributed by atoms with van der Waals surface area (Å²) in [6.45, 7) is 10.6. The van der Waals surface area contributed by atoms with E-state index in [1.807, 2.05) is 26.0 Å². The predicted octanol–water partition coefficient (Wildman–Crippen LogP) is 3.53. The molecular weight excluding hydrogens is 198 g/mol. The van der Waals surface area contributed by atoms with Crippen molar-refractivity contribution < 1.29 is 4.74 Å². The molecule has 0 aliphatic carbocycles. The van der Waals surface area contributed by atoms with Gasteiger partial charge >= 0.3 is 0 Å². The van der Waals surface area contributed by atoms with Crippen LogP contribution >= 0.6 is 0 Å². The molecule has 1 N–H and O–H groups in total. The highest BCUT2D eigenvalue weighted by Crippen LogP contribution is 2.18. The Labute approximate surface area is 99.0 Å². The van der Waals surface area contributed by atoms with E-state index in [1.165, 1.54) is 5.56 Å². The van der Waals surface area contributed by atoms with E-state index in [0.717, 1.165) is 5.75 Å². The third-order valence-electron chi connectivity index (χ3n) is 2.34. The number of nitrogens with one attached hydrogen (secondary N) is 1. The van der Waals surface area contributed by atoms with Crippen LogP contribution in [0, 0.1) is 0 Å². The first-order valence-electron chi connectivity index (χ1n) is 6.01. The minimum Gasteiger partial charge on any atom is -0.491 e. The molecule has 0 saturated heterocycles. The monoisotopic (exact) mass is 221 g/mol. The zero-order valence-corrected chi connectivity index (χ0v) is 10.9. The van der Waals surface area contributed by atoms with Crippen LogP contribution in [0.5, 0.6) is 5.75 Å². The van der Waals surface area contributed by atoms with Crippen molar-refractivity contribution in [2.24, 2.45) is 0 Å². The number of hydrogen-bond acceptors (Lipinski definition) is 2. The Morgan fingerprint density at radius 3 is 1.94 bits per heavy atom. The van der Waals surface area contributed by atoms with Gasteiger partial charge in [0.25, 0.3) is 0 Å². The average Bonchev–Trinajstić information content (AvgIpc) is 2.16. The van der Waals surface area contributed by atoms with Crippen molar-refractivity contribution in [3.63, 3.8) is 0 Å². The van der Waals surface area contributed by atoms with Crippen LogP contribution in [0.1, 0.15) is 46.2 Å². The van der Waals surface area contributed by atoms with E-state index in [0.29, 0.717) is 12.1 Å². The average molecular weight is 221 g/mol. The molecular formula is C14H23NO. The SMILES string of the molecule is CC(C)N[C@H](C)c1ccc(OC(C)C)cc1. The molecule has 16 heavy (non-hydrogen) atoms. The van der Waals surface area contributed by atoms with Crippen molar-refractivity contribution in [2.45, 2.75) is 52.8 Å².